The van der Waals surface area contributed by atoms with E-state index in [2.05, 4.69) is 10.4 Å². The first kappa shape index (κ1) is 16.5. The molecule has 1 fully saturated rings. The van der Waals surface area contributed by atoms with Crippen molar-refractivity contribution in [3.63, 3.8) is 0 Å². The fourth-order valence-corrected chi connectivity index (χ4v) is 4.47. The summed E-state index contributed by atoms with van der Waals surface area (Å²) in [5.74, 6) is 0.474. The number of nitrogens with one attached hydrogen (secondary N) is 1. The van der Waals surface area contributed by atoms with Crippen LogP contribution in [-0.4, -0.2) is 48.8 Å². The lowest BCUT2D eigenvalue weighted by Crippen LogP contribution is -2.35. The summed E-state index contributed by atoms with van der Waals surface area (Å²) in [5.41, 5.74) is 1.92. The van der Waals surface area contributed by atoms with E-state index in [1.54, 1.807) is 24.9 Å². The van der Waals surface area contributed by atoms with Crippen LogP contribution in [-0.2, 0) is 16.9 Å². The van der Waals surface area contributed by atoms with E-state index in [1.165, 1.54) is 0 Å². The van der Waals surface area contributed by atoms with E-state index in [1.807, 2.05) is 24.3 Å². The van der Waals surface area contributed by atoms with Crippen LogP contribution >= 0.6 is 0 Å². The van der Waals surface area contributed by atoms with Crippen molar-refractivity contribution in [1.82, 2.24) is 15.1 Å². The summed E-state index contributed by atoms with van der Waals surface area (Å²) in [6.07, 6.45) is 0.448. The molecule has 0 radical (unpaired) electrons. The van der Waals surface area contributed by atoms with Crippen molar-refractivity contribution < 1.29 is 17.9 Å². The van der Waals surface area contributed by atoms with Crippen molar-refractivity contribution in [3.05, 3.63) is 36.0 Å². The van der Waals surface area contributed by atoms with Gasteiger partial charge in [-0.1, -0.05) is 12.1 Å². The van der Waals surface area contributed by atoms with Crippen LogP contribution < -0.4 is 10.1 Å². The third-order valence-corrected chi connectivity index (χ3v) is 5.81. The molecule has 1 aliphatic rings. The largest absolute Gasteiger partial charge is 0.497 e. The highest BCUT2D eigenvalue weighted by Gasteiger charge is 2.29. The first-order valence-corrected chi connectivity index (χ1v) is 9.40. The lowest BCUT2D eigenvalue weighted by molar-refractivity contribution is 0.0935. The third-order valence-electron chi connectivity index (χ3n) is 4.05. The van der Waals surface area contributed by atoms with Gasteiger partial charge in [0.05, 0.1) is 24.3 Å². The summed E-state index contributed by atoms with van der Waals surface area (Å²) >= 11 is 0. The van der Waals surface area contributed by atoms with Crippen LogP contribution in [0.15, 0.2) is 30.3 Å². The van der Waals surface area contributed by atoms with Gasteiger partial charge in [0, 0.05) is 18.7 Å². The monoisotopic (exact) mass is 349 g/mol. The number of amides is 1. The fraction of sp³-hybridized carbons (Fsp3) is 0.375. The molecule has 1 saturated heterocycles. The van der Waals surface area contributed by atoms with Gasteiger partial charge in [0.25, 0.3) is 5.91 Å². The van der Waals surface area contributed by atoms with Gasteiger partial charge in [0.15, 0.2) is 15.5 Å². The maximum absolute atomic E-state index is 12.3. The minimum atomic E-state index is -3.03. The summed E-state index contributed by atoms with van der Waals surface area (Å²) in [7, 11) is 0.319. The Labute approximate surface area is 140 Å². The quantitative estimate of drug-likeness (QED) is 0.890. The Morgan fingerprint density at radius 3 is 2.83 bits per heavy atom. The van der Waals surface area contributed by atoms with Crippen molar-refractivity contribution in [1.29, 1.82) is 0 Å². The van der Waals surface area contributed by atoms with Gasteiger partial charge in [-0.05, 0) is 24.6 Å². The highest BCUT2D eigenvalue weighted by atomic mass is 32.2. The van der Waals surface area contributed by atoms with Gasteiger partial charge in [-0.3, -0.25) is 9.48 Å². The highest BCUT2D eigenvalue weighted by molar-refractivity contribution is 7.91. The summed E-state index contributed by atoms with van der Waals surface area (Å²) < 4.78 is 29.8. The molecule has 2 heterocycles. The van der Waals surface area contributed by atoms with Crippen molar-refractivity contribution in [2.75, 3.05) is 18.6 Å². The van der Waals surface area contributed by atoms with Crippen LogP contribution in [0.3, 0.4) is 0 Å². The van der Waals surface area contributed by atoms with Crippen molar-refractivity contribution in [2.24, 2.45) is 7.05 Å². The summed E-state index contributed by atoms with van der Waals surface area (Å²) in [4.78, 5) is 12.3. The average molecular weight is 349 g/mol. The molecule has 1 aromatic heterocycles. The van der Waals surface area contributed by atoms with E-state index < -0.39 is 9.84 Å². The topological polar surface area (TPSA) is 90.3 Å². The number of nitrogens with zero attached hydrogens (tertiary/aromatic N) is 2. The molecule has 1 amide bonds. The SMILES string of the molecule is COc1cccc(-c2cc(C(=O)NC3CCS(=O)(=O)C3)nn2C)c1. The Balaban J connectivity index is 1.79. The molecule has 128 valence electrons. The summed E-state index contributed by atoms with van der Waals surface area (Å²) in [6, 6.07) is 8.82. The highest BCUT2D eigenvalue weighted by Crippen LogP contribution is 2.24. The lowest BCUT2D eigenvalue weighted by Gasteiger charge is -2.08. The molecule has 1 aliphatic heterocycles. The number of hydrogen-bond acceptors (Lipinski definition) is 5. The Hall–Kier alpha value is -2.35. The number of aryl methyl sites for hydroxylation is 1. The van der Waals surface area contributed by atoms with Crippen molar-refractivity contribution in [2.45, 2.75) is 12.5 Å². The number of ether oxygens (including phenoxy) is 1. The van der Waals surface area contributed by atoms with Crippen LogP contribution in [0.5, 0.6) is 5.75 Å². The zero-order valence-corrected chi connectivity index (χ0v) is 14.3. The second-order valence-electron chi connectivity index (χ2n) is 5.84. The molecule has 0 spiro atoms. The molecule has 0 aliphatic carbocycles. The number of aromatic nitrogens is 2. The van der Waals surface area contributed by atoms with E-state index in [4.69, 9.17) is 4.74 Å². The molecule has 3 rings (SSSR count). The van der Waals surface area contributed by atoms with Crippen molar-refractivity contribution in [3.8, 4) is 17.0 Å². The minimum absolute atomic E-state index is 0.00564. The number of benzene rings is 1. The molecule has 1 unspecified atom stereocenters. The Kier molecular flexibility index (Phi) is 4.31. The summed E-state index contributed by atoms with van der Waals surface area (Å²) in [6.45, 7) is 0. The van der Waals surface area contributed by atoms with Gasteiger partial charge in [0.1, 0.15) is 5.75 Å². The van der Waals surface area contributed by atoms with E-state index >= 15 is 0 Å². The molecule has 8 heteroatoms. The minimum Gasteiger partial charge on any atom is -0.497 e. The molecule has 0 saturated carbocycles. The Morgan fingerprint density at radius 2 is 2.17 bits per heavy atom. The molecule has 2 aromatic rings. The van der Waals surface area contributed by atoms with Crippen molar-refractivity contribution >= 4 is 15.7 Å². The maximum Gasteiger partial charge on any atom is 0.272 e. The first-order valence-electron chi connectivity index (χ1n) is 7.58. The molecular weight excluding hydrogens is 330 g/mol. The molecule has 1 atom stereocenters. The average Bonchev–Trinajstić information content (AvgIpc) is 3.10. The first-order chi connectivity index (χ1) is 11.4. The van der Waals surface area contributed by atoms with E-state index in [0.29, 0.717) is 6.42 Å². The Morgan fingerprint density at radius 1 is 1.38 bits per heavy atom. The normalized spacial score (nSPS) is 19.2. The van der Waals surface area contributed by atoms with Crippen LogP contribution in [0.2, 0.25) is 0 Å². The van der Waals surface area contributed by atoms with Gasteiger partial charge in [-0.2, -0.15) is 5.10 Å². The number of carbonyl (C=O) groups excluding carboxylic acids is 1. The molecule has 0 bridgehead atoms. The standard InChI is InChI=1S/C16H19N3O4S/c1-19-15(11-4-3-5-13(8-11)23-2)9-14(18-19)16(20)17-12-6-7-24(21,22)10-12/h3-5,8-9,12H,6-7,10H2,1-2H3,(H,17,20). The van der Waals surface area contributed by atoms with E-state index in [9.17, 15) is 13.2 Å². The molecular formula is C16H19N3O4S. The summed E-state index contributed by atoms with van der Waals surface area (Å²) in [5, 5.41) is 6.98. The number of carbonyl (C=O) groups is 1. The smallest absolute Gasteiger partial charge is 0.272 e. The Bertz CT molecular complexity index is 873. The van der Waals surface area contributed by atoms with Gasteiger partial charge >= 0.3 is 0 Å². The fourth-order valence-electron chi connectivity index (χ4n) is 2.80. The predicted octanol–water partition coefficient (Wildman–Crippen LogP) is 1.01. The predicted molar refractivity (Wildman–Crippen MR) is 89.7 cm³/mol. The van der Waals surface area contributed by atoms with Crippen LogP contribution in [0.4, 0.5) is 0 Å². The molecule has 7 nitrogen and oxygen atoms in total. The van der Waals surface area contributed by atoms with Gasteiger partial charge in [0.2, 0.25) is 0 Å². The zero-order chi connectivity index (χ0) is 17.3. The van der Waals surface area contributed by atoms with Gasteiger partial charge in [-0.15, -0.1) is 0 Å². The van der Waals surface area contributed by atoms with Gasteiger partial charge in [-0.25, -0.2) is 8.42 Å². The third kappa shape index (κ3) is 3.43. The number of methoxy groups -OCH3 is 1. The van der Waals surface area contributed by atoms with Gasteiger partial charge < -0.3 is 10.1 Å². The van der Waals surface area contributed by atoms with Crippen LogP contribution in [0.25, 0.3) is 11.3 Å². The van der Waals surface area contributed by atoms with Crippen LogP contribution in [0.1, 0.15) is 16.9 Å². The van der Waals surface area contributed by atoms with E-state index in [-0.39, 0.29) is 29.1 Å². The number of sulfone groups is 1. The second-order valence-corrected chi connectivity index (χ2v) is 8.07. The molecule has 1 N–H and O–H groups in total. The van der Waals surface area contributed by atoms with Crippen LogP contribution in [0, 0.1) is 0 Å². The number of hydrogen-bond donors (Lipinski definition) is 1. The zero-order valence-electron chi connectivity index (χ0n) is 13.5. The lowest BCUT2D eigenvalue weighted by atomic mass is 10.1. The number of rotatable bonds is 4. The van der Waals surface area contributed by atoms with E-state index in [0.717, 1.165) is 17.0 Å². The molecule has 1 aromatic carbocycles. The molecule has 24 heavy (non-hydrogen) atoms. The second kappa shape index (κ2) is 6.27. The maximum atomic E-state index is 12.3.